The standard InChI is InChI=1S/C9H17NO/c1-8(2)5-6-11-9(3,4)7-10/h8H,5-6H2,1-4H3. The highest BCUT2D eigenvalue weighted by Crippen LogP contribution is 2.09. The molecule has 0 aliphatic rings. The van der Waals surface area contributed by atoms with Crippen molar-refractivity contribution in [1.82, 2.24) is 0 Å². The Morgan fingerprint density at radius 3 is 2.36 bits per heavy atom. The Morgan fingerprint density at radius 1 is 1.45 bits per heavy atom. The fourth-order valence-electron chi connectivity index (χ4n) is 0.582. The second-order valence-electron chi connectivity index (χ2n) is 3.65. The van der Waals surface area contributed by atoms with Crippen molar-refractivity contribution in [2.24, 2.45) is 5.92 Å². The van der Waals surface area contributed by atoms with Crippen LogP contribution >= 0.6 is 0 Å². The molecule has 0 saturated carbocycles. The molecule has 0 aromatic rings. The summed E-state index contributed by atoms with van der Waals surface area (Å²) in [6.45, 7) is 8.53. The normalized spacial score (nSPS) is 11.6. The van der Waals surface area contributed by atoms with Crippen LogP contribution in [0, 0.1) is 17.2 Å². The molecule has 0 aliphatic heterocycles. The van der Waals surface area contributed by atoms with Gasteiger partial charge < -0.3 is 4.74 Å². The molecule has 2 nitrogen and oxygen atoms in total. The molecule has 0 fully saturated rings. The van der Waals surface area contributed by atoms with Gasteiger partial charge in [0.1, 0.15) is 5.60 Å². The average molecular weight is 155 g/mol. The fourth-order valence-corrected chi connectivity index (χ4v) is 0.582. The number of nitrogens with zero attached hydrogens (tertiary/aromatic N) is 1. The van der Waals surface area contributed by atoms with E-state index in [-0.39, 0.29) is 0 Å². The molecule has 0 radical (unpaired) electrons. The maximum Gasteiger partial charge on any atom is 0.148 e. The molecule has 0 aromatic heterocycles. The Kier molecular flexibility index (Phi) is 4.14. The predicted octanol–water partition coefficient (Wildman–Crippen LogP) is 2.35. The lowest BCUT2D eigenvalue weighted by Gasteiger charge is -2.16. The van der Waals surface area contributed by atoms with E-state index in [1.54, 1.807) is 13.8 Å². The van der Waals surface area contributed by atoms with E-state index < -0.39 is 5.60 Å². The lowest BCUT2D eigenvalue weighted by atomic mass is 10.1. The van der Waals surface area contributed by atoms with Gasteiger partial charge in [0.2, 0.25) is 0 Å². The molecule has 0 aromatic carbocycles. The van der Waals surface area contributed by atoms with Crippen molar-refractivity contribution in [3.05, 3.63) is 0 Å². The molecule has 2 heteroatoms. The first-order chi connectivity index (χ1) is 4.98. The van der Waals surface area contributed by atoms with Crippen LogP contribution in [0.4, 0.5) is 0 Å². The topological polar surface area (TPSA) is 33.0 Å². The average Bonchev–Trinajstić information content (AvgIpc) is 1.87. The molecule has 0 unspecified atom stereocenters. The zero-order chi connectivity index (χ0) is 8.91. The van der Waals surface area contributed by atoms with Gasteiger partial charge in [-0.05, 0) is 26.2 Å². The van der Waals surface area contributed by atoms with Crippen LogP contribution in [0.25, 0.3) is 0 Å². The van der Waals surface area contributed by atoms with E-state index in [4.69, 9.17) is 10.00 Å². The summed E-state index contributed by atoms with van der Waals surface area (Å²) in [6.07, 6.45) is 1.02. The molecule has 0 bridgehead atoms. The Morgan fingerprint density at radius 2 is 2.00 bits per heavy atom. The van der Waals surface area contributed by atoms with Crippen molar-refractivity contribution in [3.8, 4) is 6.07 Å². The molecule has 64 valence electrons. The minimum absolute atomic E-state index is 0.616. The van der Waals surface area contributed by atoms with E-state index in [9.17, 15) is 0 Å². The van der Waals surface area contributed by atoms with Gasteiger partial charge in [-0.15, -0.1) is 0 Å². The number of nitriles is 1. The van der Waals surface area contributed by atoms with E-state index in [0.29, 0.717) is 12.5 Å². The maximum absolute atomic E-state index is 8.58. The van der Waals surface area contributed by atoms with E-state index in [1.807, 2.05) is 0 Å². The summed E-state index contributed by atoms with van der Waals surface area (Å²) in [5.74, 6) is 0.643. The van der Waals surface area contributed by atoms with Crippen LogP contribution in [0.2, 0.25) is 0 Å². The third-order valence-electron chi connectivity index (χ3n) is 1.43. The van der Waals surface area contributed by atoms with E-state index >= 15 is 0 Å². The van der Waals surface area contributed by atoms with Gasteiger partial charge in [-0.2, -0.15) is 5.26 Å². The van der Waals surface area contributed by atoms with E-state index in [0.717, 1.165) is 6.42 Å². The van der Waals surface area contributed by atoms with Crippen LogP contribution in [0.3, 0.4) is 0 Å². The molecule has 11 heavy (non-hydrogen) atoms. The number of hydrogen-bond donors (Lipinski definition) is 0. The quantitative estimate of drug-likeness (QED) is 0.624. The second-order valence-corrected chi connectivity index (χ2v) is 3.65. The first kappa shape index (κ1) is 10.4. The molecule has 0 atom stereocenters. The highest BCUT2D eigenvalue weighted by Gasteiger charge is 2.15. The van der Waals surface area contributed by atoms with Gasteiger partial charge in [0, 0.05) is 6.61 Å². The van der Waals surface area contributed by atoms with Gasteiger partial charge in [0.15, 0.2) is 0 Å². The Balaban J connectivity index is 3.48. The van der Waals surface area contributed by atoms with Gasteiger partial charge in [0.05, 0.1) is 6.07 Å². The van der Waals surface area contributed by atoms with Crippen LogP contribution in [-0.2, 0) is 4.74 Å². The van der Waals surface area contributed by atoms with Crippen molar-refractivity contribution >= 4 is 0 Å². The monoisotopic (exact) mass is 155 g/mol. The third kappa shape index (κ3) is 5.87. The summed E-state index contributed by atoms with van der Waals surface area (Å²) in [5, 5.41) is 8.58. The molecule has 0 spiro atoms. The second kappa shape index (κ2) is 4.35. The molecule has 0 N–H and O–H groups in total. The van der Waals surface area contributed by atoms with Crippen molar-refractivity contribution in [2.75, 3.05) is 6.61 Å². The Labute approximate surface area is 69.2 Å². The zero-order valence-electron chi connectivity index (χ0n) is 7.85. The van der Waals surface area contributed by atoms with Crippen molar-refractivity contribution in [3.63, 3.8) is 0 Å². The van der Waals surface area contributed by atoms with E-state index in [1.165, 1.54) is 0 Å². The summed E-state index contributed by atoms with van der Waals surface area (Å²) in [5.41, 5.74) is -0.616. The minimum atomic E-state index is -0.616. The van der Waals surface area contributed by atoms with Crippen molar-refractivity contribution in [1.29, 1.82) is 5.26 Å². The summed E-state index contributed by atoms with van der Waals surface area (Å²) < 4.78 is 5.33. The molecule has 0 heterocycles. The molecule has 0 aliphatic carbocycles. The molecule has 0 saturated heterocycles. The first-order valence-corrected chi connectivity index (χ1v) is 4.03. The largest absolute Gasteiger partial charge is 0.361 e. The van der Waals surface area contributed by atoms with E-state index in [2.05, 4.69) is 19.9 Å². The van der Waals surface area contributed by atoms with Crippen LogP contribution in [0.15, 0.2) is 0 Å². The first-order valence-electron chi connectivity index (χ1n) is 4.03. The number of rotatable bonds is 4. The van der Waals surface area contributed by atoms with Gasteiger partial charge in [-0.25, -0.2) is 0 Å². The summed E-state index contributed by atoms with van der Waals surface area (Å²) in [7, 11) is 0. The number of ether oxygens (including phenoxy) is 1. The van der Waals surface area contributed by atoms with Gasteiger partial charge in [-0.1, -0.05) is 13.8 Å². The van der Waals surface area contributed by atoms with Crippen LogP contribution < -0.4 is 0 Å². The minimum Gasteiger partial charge on any atom is -0.361 e. The van der Waals surface area contributed by atoms with Crippen LogP contribution in [0.1, 0.15) is 34.1 Å². The smallest absolute Gasteiger partial charge is 0.148 e. The maximum atomic E-state index is 8.58. The molecule has 0 rings (SSSR count). The van der Waals surface area contributed by atoms with Crippen LogP contribution in [-0.4, -0.2) is 12.2 Å². The van der Waals surface area contributed by atoms with Crippen LogP contribution in [0.5, 0.6) is 0 Å². The lowest BCUT2D eigenvalue weighted by molar-refractivity contribution is 0.0196. The molecule has 0 amide bonds. The summed E-state index contributed by atoms with van der Waals surface area (Å²) >= 11 is 0. The number of hydrogen-bond acceptors (Lipinski definition) is 2. The predicted molar refractivity (Wildman–Crippen MR) is 45.1 cm³/mol. The van der Waals surface area contributed by atoms with Gasteiger partial charge >= 0.3 is 0 Å². The zero-order valence-corrected chi connectivity index (χ0v) is 7.85. The highest BCUT2D eigenvalue weighted by atomic mass is 16.5. The fraction of sp³-hybridized carbons (Fsp3) is 0.889. The van der Waals surface area contributed by atoms with Crippen molar-refractivity contribution in [2.45, 2.75) is 39.7 Å². The molecular formula is C9H17NO. The van der Waals surface area contributed by atoms with Gasteiger partial charge in [-0.3, -0.25) is 0 Å². The van der Waals surface area contributed by atoms with Gasteiger partial charge in [0.25, 0.3) is 0 Å². The molecular weight excluding hydrogens is 138 g/mol. The summed E-state index contributed by atoms with van der Waals surface area (Å²) in [4.78, 5) is 0. The lowest BCUT2D eigenvalue weighted by Crippen LogP contribution is -2.22. The SMILES string of the molecule is CC(C)CCOC(C)(C)C#N. The third-order valence-corrected chi connectivity index (χ3v) is 1.43. The highest BCUT2D eigenvalue weighted by molar-refractivity contribution is 4.93. The van der Waals surface area contributed by atoms with Crippen molar-refractivity contribution < 1.29 is 4.74 Å². The summed E-state index contributed by atoms with van der Waals surface area (Å²) in [6, 6.07) is 2.09. The Bertz CT molecular complexity index is 144. The Hall–Kier alpha value is -0.550.